The van der Waals surface area contributed by atoms with Crippen LogP contribution in [0.1, 0.15) is 17.5 Å². The van der Waals surface area contributed by atoms with Crippen LogP contribution in [-0.4, -0.2) is 15.1 Å². The third kappa shape index (κ3) is 2.61. The minimum Gasteiger partial charge on any atom is -0.337 e. The van der Waals surface area contributed by atoms with Crippen molar-refractivity contribution in [3.63, 3.8) is 0 Å². The van der Waals surface area contributed by atoms with E-state index in [0.717, 1.165) is 15.6 Å². The van der Waals surface area contributed by atoms with Gasteiger partial charge in [0.1, 0.15) is 6.04 Å². The Balaban J connectivity index is 1.91. The zero-order valence-corrected chi connectivity index (χ0v) is 12.0. The van der Waals surface area contributed by atoms with Crippen LogP contribution in [0.3, 0.4) is 0 Å². The highest BCUT2D eigenvalue weighted by Gasteiger charge is 2.17. The molecule has 0 bridgehead atoms. The van der Waals surface area contributed by atoms with Gasteiger partial charge in [-0.15, -0.1) is 0 Å². The Labute approximate surface area is 124 Å². The van der Waals surface area contributed by atoms with Gasteiger partial charge in [0.15, 0.2) is 0 Å². The normalized spacial score (nSPS) is 12.3. The molecule has 3 aromatic rings. The Hall–Kier alpha value is -2.05. The summed E-state index contributed by atoms with van der Waals surface area (Å²) in [6, 6.07) is 11.1. The number of nitrogens with two attached hydrogens (primary N) is 1. The molecule has 0 unspecified atom stereocenters. The van der Waals surface area contributed by atoms with E-state index in [4.69, 9.17) is 10.3 Å². The van der Waals surface area contributed by atoms with Crippen molar-refractivity contribution in [2.75, 3.05) is 0 Å². The summed E-state index contributed by atoms with van der Waals surface area (Å²) in [5.74, 6) is 0.853. The van der Waals surface area contributed by atoms with Crippen molar-refractivity contribution in [3.05, 3.63) is 64.7 Å². The molecule has 2 heterocycles. The van der Waals surface area contributed by atoms with E-state index in [2.05, 4.69) is 31.1 Å². The van der Waals surface area contributed by atoms with Crippen LogP contribution in [-0.2, 0) is 0 Å². The molecule has 0 spiro atoms. The van der Waals surface area contributed by atoms with Crippen molar-refractivity contribution >= 4 is 15.9 Å². The smallest absolute Gasteiger partial charge is 0.248 e. The molecule has 0 aliphatic carbocycles. The van der Waals surface area contributed by atoms with Gasteiger partial charge >= 0.3 is 0 Å². The van der Waals surface area contributed by atoms with Crippen molar-refractivity contribution in [1.29, 1.82) is 0 Å². The quantitative estimate of drug-likeness (QED) is 0.798. The van der Waals surface area contributed by atoms with E-state index < -0.39 is 6.04 Å². The van der Waals surface area contributed by atoms with Gasteiger partial charge < -0.3 is 10.3 Å². The first-order valence-corrected chi connectivity index (χ1v) is 6.78. The van der Waals surface area contributed by atoms with Crippen molar-refractivity contribution in [3.8, 4) is 11.4 Å². The van der Waals surface area contributed by atoms with E-state index in [0.29, 0.717) is 11.7 Å². The second-order valence-electron chi connectivity index (χ2n) is 4.24. The molecule has 0 radical (unpaired) electrons. The minimum absolute atomic E-state index is 0.381. The average Bonchev–Trinajstić information content (AvgIpc) is 2.97. The Morgan fingerprint density at radius 1 is 1.15 bits per heavy atom. The first-order valence-electron chi connectivity index (χ1n) is 5.99. The highest BCUT2D eigenvalue weighted by Crippen LogP contribution is 2.22. The van der Waals surface area contributed by atoms with E-state index >= 15 is 0 Å². The van der Waals surface area contributed by atoms with Crippen LogP contribution in [0.4, 0.5) is 0 Å². The molecule has 5 nitrogen and oxygen atoms in total. The summed E-state index contributed by atoms with van der Waals surface area (Å²) in [5.41, 5.74) is 7.82. The van der Waals surface area contributed by atoms with Crippen LogP contribution in [0.2, 0.25) is 0 Å². The number of nitrogens with zero attached hydrogens (tertiary/aromatic N) is 3. The Bertz CT molecular complexity index is 714. The van der Waals surface area contributed by atoms with Gasteiger partial charge in [0.05, 0.1) is 0 Å². The highest BCUT2D eigenvalue weighted by molar-refractivity contribution is 9.10. The maximum absolute atomic E-state index is 6.12. The third-order valence-electron chi connectivity index (χ3n) is 2.83. The van der Waals surface area contributed by atoms with E-state index in [1.54, 1.807) is 12.4 Å². The van der Waals surface area contributed by atoms with Crippen molar-refractivity contribution in [2.24, 2.45) is 5.73 Å². The number of rotatable bonds is 3. The maximum atomic E-state index is 6.12. The first kappa shape index (κ1) is 13.0. The maximum Gasteiger partial charge on any atom is 0.248 e. The SMILES string of the molecule is N[C@H](c1ccccc1)c1nc(-c2cncc(Br)c2)no1. The number of benzene rings is 1. The third-order valence-corrected chi connectivity index (χ3v) is 3.26. The molecule has 0 fully saturated rings. The summed E-state index contributed by atoms with van der Waals surface area (Å²) in [6.07, 6.45) is 3.37. The standard InChI is InChI=1S/C14H11BrN4O/c15-11-6-10(7-17-8-11)13-18-14(20-19-13)12(16)9-4-2-1-3-5-9/h1-8,12H,16H2/t12-/m1/s1. The average molecular weight is 331 g/mol. The monoisotopic (exact) mass is 330 g/mol. The lowest BCUT2D eigenvalue weighted by molar-refractivity contribution is 0.367. The fraction of sp³-hybridized carbons (Fsp3) is 0.0714. The summed E-state index contributed by atoms with van der Waals surface area (Å²) in [6.45, 7) is 0. The second-order valence-corrected chi connectivity index (χ2v) is 5.15. The summed E-state index contributed by atoms with van der Waals surface area (Å²) in [5, 5.41) is 3.95. The fourth-order valence-electron chi connectivity index (χ4n) is 1.82. The summed E-state index contributed by atoms with van der Waals surface area (Å²) in [4.78, 5) is 8.41. The molecule has 1 aromatic carbocycles. The van der Waals surface area contributed by atoms with Crippen molar-refractivity contribution in [1.82, 2.24) is 15.1 Å². The Morgan fingerprint density at radius 3 is 2.70 bits per heavy atom. The predicted molar refractivity (Wildman–Crippen MR) is 77.7 cm³/mol. The van der Waals surface area contributed by atoms with Crippen molar-refractivity contribution < 1.29 is 4.52 Å². The number of hydrogen-bond acceptors (Lipinski definition) is 5. The molecular weight excluding hydrogens is 320 g/mol. The zero-order valence-electron chi connectivity index (χ0n) is 10.4. The highest BCUT2D eigenvalue weighted by atomic mass is 79.9. The van der Waals surface area contributed by atoms with Crippen LogP contribution in [0.25, 0.3) is 11.4 Å². The first-order chi connectivity index (χ1) is 9.74. The van der Waals surface area contributed by atoms with Crippen molar-refractivity contribution in [2.45, 2.75) is 6.04 Å². The second kappa shape index (κ2) is 5.52. The Morgan fingerprint density at radius 2 is 1.95 bits per heavy atom. The number of aromatic nitrogens is 3. The molecule has 20 heavy (non-hydrogen) atoms. The van der Waals surface area contributed by atoms with E-state index in [1.165, 1.54) is 0 Å². The molecule has 2 N–H and O–H groups in total. The van der Waals surface area contributed by atoms with E-state index in [-0.39, 0.29) is 0 Å². The number of pyridine rings is 1. The summed E-state index contributed by atoms with van der Waals surface area (Å²) in [7, 11) is 0. The van der Waals surface area contributed by atoms with Crippen LogP contribution in [0.5, 0.6) is 0 Å². The molecule has 3 rings (SSSR count). The molecule has 100 valence electrons. The molecule has 0 amide bonds. The van der Waals surface area contributed by atoms with Gasteiger partial charge in [-0.3, -0.25) is 4.98 Å². The molecule has 0 saturated carbocycles. The molecular formula is C14H11BrN4O. The van der Waals surface area contributed by atoms with Crippen LogP contribution in [0.15, 0.2) is 57.8 Å². The van der Waals surface area contributed by atoms with Gasteiger partial charge in [-0.1, -0.05) is 35.5 Å². The van der Waals surface area contributed by atoms with Gasteiger partial charge in [0.25, 0.3) is 0 Å². The molecule has 2 aromatic heterocycles. The number of halogens is 1. The Kier molecular flexibility index (Phi) is 3.58. The van der Waals surface area contributed by atoms with Gasteiger partial charge in [-0.2, -0.15) is 4.98 Å². The van der Waals surface area contributed by atoms with Crippen LogP contribution in [0, 0.1) is 0 Å². The lowest BCUT2D eigenvalue weighted by Gasteiger charge is -2.05. The molecule has 6 heteroatoms. The van der Waals surface area contributed by atoms with Gasteiger partial charge in [-0.05, 0) is 27.6 Å². The summed E-state index contributed by atoms with van der Waals surface area (Å²) < 4.78 is 6.10. The van der Waals surface area contributed by atoms with Gasteiger partial charge in [-0.25, -0.2) is 0 Å². The van der Waals surface area contributed by atoms with Gasteiger partial charge in [0.2, 0.25) is 11.7 Å². The molecule has 0 aliphatic heterocycles. The predicted octanol–water partition coefficient (Wildman–Crippen LogP) is 2.94. The summed E-state index contributed by atoms with van der Waals surface area (Å²) >= 11 is 3.36. The van der Waals surface area contributed by atoms with E-state index in [9.17, 15) is 0 Å². The minimum atomic E-state index is -0.433. The lowest BCUT2D eigenvalue weighted by atomic mass is 10.1. The molecule has 0 saturated heterocycles. The van der Waals surface area contributed by atoms with Gasteiger partial charge in [0, 0.05) is 22.4 Å². The van der Waals surface area contributed by atoms with E-state index in [1.807, 2.05) is 36.4 Å². The fourth-order valence-corrected chi connectivity index (χ4v) is 2.18. The molecule has 0 aliphatic rings. The lowest BCUT2D eigenvalue weighted by Crippen LogP contribution is -2.11. The van der Waals surface area contributed by atoms with Crippen LogP contribution >= 0.6 is 15.9 Å². The molecule has 1 atom stereocenters. The largest absolute Gasteiger partial charge is 0.337 e. The van der Waals surface area contributed by atoms with Crippen LogP contribution < -0.4 is 5.73 Å². The zero-order chi connectivity index (χ0) is 13.9. The topological polar surface area (TPSA) is 77.8 Å². The number of hydrogen-bond donors (Lipinski definition) is 1.